The highest BCUT2D eigenvalue weighted by Crippen LogP contribution is 2.39. The van der Waals surface area contributed by atoms with Crippen molar-refractivity contribution in [3.05, 3.63) is 29.3 Å². The molecule has 0 aliphatic heterocycles. The monoisotopic (exact) mass is 287 g/mol. The Balaban J connectivity index is 2.11. The van der Waals surface area contributed by atoms with Crippen LogP contribution in [0.15, 0.2) is 18.2 Å². The quantitative estimate of drug-likeness (QED) is 0.790. The molecular weight excluding hydrogens is 270 g/mol. The molecule has 1 aliphatic carbocycles. The largest absolute Gasteiger partial charge is 0.480 e. The predicted octanol–water partition coefficient (Wildman–Crippen LogP) is 2.24. The molecule has 21 heavy (non-hydrogen) atoms. The second kappa shape index (κ2) is 5.44. The lowest BCUT2D eigenvalue weighted by Crippen LogP contribution is -2.55. The number of hydrogen-bond acceptors (Lipinski definition) is 3. The average Bonchev–Trinajstić information content (AvgIpc) is 3.25. The molecule has 1 unspecified atom stereocenters. The van der Waals surface area contributed by atoms with E-state index in [1.165, 1.54) is 6.92 Å². The lowest BCUT2D eigenvalue weighted by Gasteiger charge is -2.26. The van der Waals surface area contributed by atoms with Crippen LogP contribution in [0.4, 0.5) is 10.5 Å². The molecule has 0 saturated heterocycles. The van der Waals surface area contributed by atoms with Gasteiger partial charge in [0.1, 0.15) is 5.54 Å². The van der Waals surface area contributed by atoms with Crippen molar-refractivity contribution in [2.75, 3.05) is 5.32 Å². The highest BCUT2D eigenvalue weighted by Gasteiger charge is 2.48. The standard InChI is InChI=1S/C15H17N3O3/c1-9-3-4-10(8-16)7-12(9)17-14(21)18-15(2,13(19)20)11-5-6-11/h3-4,7,11H,5-6H2,1-2H3,(H,19,20)(H2,17,18,21). The lowest BCUT2D eigenvalue weighted by molar-refractivity contribution is -0.144. The van der Waals surface area contributed by atoms with Gasteiger partial charge in [-0.3, -0.25) is 0 Å². The predicted molar refractivity (Wildman–Crippen MR) is 76.8 cm³/mol. The number of nitrogens with zero attached hydrogens (tertiary/aromatic N) is 1. The second-order valence-corrected chi connectivity index (χ2v) is 5.50. The van der Waals surface area contributed by atoms with Crippen molar-refractivity contribution in [3.8, 4) is 6.07 Å². The zero-order valence-electron chi connectivity index (χ0n) is 11.9. The molecule has 2 rings (SSSR count). The number of hydrogen-bond donors (Lipinski definition) is 3. The number of carbonyl (C=O) groups is 2. The molecule has 2 amide bonds. The minimum atomic E-state index is -1.26. The summed E-state index contributed by atoms with van der Waals surface area (Å²) in [4.78, 5) is 23.4. The van der Waals surface area contributed by atoms with Crippen molar-refractivity contribution in [1.29, 1.82) is 5.26 Å². The molecule has 3 N–H and O–H groups in total. The normalized spacial score (nSPS) is 16.4. The third-order valence-corrected chi connectivity index (χ3v) is 3.83. The fraction of sp³-hybridized carbons (Fsp3) is 0.400. The molecule has 1 atom stereocenters. The van der Waals surface area contributed by atoms with E-state index in [9.17, 15) is 14.7 Å². The Kier molecular flexibility index (Phi) is 3.85. The van der Waals surface area contributed by atoms with Crippen LogP contribution in [0.3, 0.4) is 0 Å². The number of carbonyl (C=O) groups excluding carboxylic acids is 1. The molecule has 6 heteroatoms. The maximum atomic E-state index is 12.0. The minimum absolute atomic E-state index is 0.0349. The maximum Gasteiger partial charge on any atom is 0.329 e. The van der Waals surface area contributed by atoms with Crippen LogP contribution in [-0.4, -0.2) is 22.6 Å². The molecule has 6 nitrogen and oxygen atoms in total. The first-order valence-electron chi connectivity index (χ1n) is 6.70. The van der Waals surface area contributed by atoms with Crippen LogP contribution in [0.5, 0.6) is 0 Å². The molecule has 1 aromatic carbocycles. The zero-order chi connectivity index (χ0) is 15.6. The van der Waals surface area contributed by atoms with E-state index in [0.717, 1.165) is 18.4 Å². The van der Waals surface area contributed by atoms with Crippen LogP contribution in [-0.2, 0) is 4.79 Å². The Hall–Kier alpha value is -2.55. The number of nitriles is 1. The topological polar surface area (TPSA) is 102 Å². The second-order valence-electron chi connectivity index (χ2n) is 5.50. The Labute approximate surface area is 122 Å². The SMILES string of the molecule is Cc1ccc(C#N)cc1NC(=O)NC(C)(C(=O)O)C1CC1. The number of aryl methyl sites for hydroxylation is 1. The smallest absolute Gasteiger partial charge is 0.329 e. The summed E-state index contributed by atoms with van der Waals surface area (Å²) in [7, 11) is 0. The van der Waals surface area contributed by atoms with Gasteiger partial charge in [0.05, 0.1) is 11.6 Å². The lowest BCUT2D eigenvalue weighted by atomic mass is 9.96. The van der Waals surface area contributed by atoms with E-state index < -0.39 is 17.5 Å². The highest BCUT2D eigenvalue weighted by molar-refractivity contribution is 5.94. The van der Waals surface area contributed by atoms with E-state index >= 15 is 0 Å². The first kappa shape index (κ1) is 14.9. The molecule has 0 heterocycles. The van der Waals surface area contributed by atoms with Crippen molar-refractivity contribution in [1.82, 2.24) is 5.32 Å². The number of amides is 2. The van der Waals surface area contributed by atoms with Gasteiger partial charge in [0.2, 0.25) is 0 Å². The van der Waals surface area contributed by atoms with Crippen LogP contribution >= 0.6 is 0 Å². The first-order chi connectivity index (χ1) is 9.86. The number of nitrogens with one attached hydrogen (secondary N) is 2. The van der Waals surface area contributed by atoms with Gasteiger partial charge in [0, 0.05) is 5.69 Å². The van der Waals surface area contributed by atoms with Gasteiger partial charge in [-0.1, -0.05) is 6.07 Å². The molecule has 0 spiro atoms. The van der Waals surface area contributed by atoms with Gasteiger partial charge < -0.3 is 15.7 Å². The highest BCUT2D eigenvalue weighted by atomic mass is 16.4. The molecule has 1 saturated carbocycles. The summed E-state index contributed by atoms with van der Waals surface area (Å²) >= 11 is 0. The summed E-state index contributed by atoms with van der Waals surface area (Å²) in [5.74, 6) is -1.07. The summed E-state index contributed by atoms with van der Waals surface area (Å²) < 4.78 is 0. The van der Waals surface area contributed by atoms with Crippen molar-refractivity contribution in [3.63, 3.8) is 0 Å². The average molecular weight is 287 g/mol. The Morgan fingerprint density at radius 3 is 2.62 bits per heavy atom. The molecule has 1 aromatic rings. The van der Waals surface area contributed by atoms with Crippen molar-refractivity contribution in [2.24, 2.45) is 5.92 Å². The van der Waals surface area contributed by atoms with E-state index in [1.54, 1.807) is 25.1 Å². The number of benzene rings is 1. The third kappa shape index (κ3) is 3.14. The molecule has 0 bridgehead atoms. The number of rotatable bonds is 4. The van der Waals surface area contributed by atoms with Gasteiger partial charge in [-0.15, -0.1) is 0 Å². The number of anilines is 1. The summed E-state index contributed by atoms with van der Waals surface area (Å²) in [6.45, 7) is 3.32. The molecule has 1 aliphatic rings. The molecule has 0 aromatic heterocycles. The fourth-order valence-corrected chi connectivity index (χ4v) is 2.21. The van der Waals surface area contributed by atoms with Crippen molar-refractivity contribution >= 4 is 17.7 Å². The Bertz CT molecular complexity index is 632. The third-order valence-electron chi connectivity index (χ3n) is 3.83. The first-order valence-corrected chi connectivity index (χ1v) is 6.70. The van der Waals surface area contributed by atoms with Gasteiger partial charge in [0.25, 0.3) is 0 Å². The molecular formula is C15H17N3O3. The fourth-order valence-electron chi connectivity index (χ4n) is 2.21. The van der Waals surface area contributed by atoms with Crippen LogP contribution in [0, 0.1) is 24.2 Å². The maximum absolute atomic E-state index is 12.0. The van der Waals surface area contributed by atoms with Crippen LogP contribution in [0.1, 0.15) is 30.9 Å². The van der Waals surface area contributed by atoms with E-state index in [4.69, 9.17) is 5.26 Å². The van der Waals surface area contributed by atoms with E-state index in [1.807, 2.05) is 6.07 Å². The summed E-state index contributed by atoms with van der Waals surface area (Å²) in [5.41, 5.74) is 0.465. The molecule has 0 radical (unpaired) electrons. The number of urea groups is 1. The number of aliphatic carboxylic acids is 1. The Morgan fingerprint density at radius 2 is 2.10 bits per heavy atom. The minimum Gasteiger partial charge on any atom is -0.480 e. The van der Waals surface area contributed by atoms with E-state index in [2.05, 4.69) is 10.6 Å². The van der Waals surface area contributed by atoms with Crippen molar-refractivity contribution < 1.29 is 14.7 Å². The number of carboxylic acid groups (broad SMARTS) is 1. The van der Waals surface area contributed by atoms with Crippen LogP contribution in [0.2, 0.25) is 0 Å². The van der Waals surface area contributed by atoms with Gasteiger partial charge in [-0.25, -0.2) is 9.59 Å². The van der Waals surface area contributed by atoms with Gasteiger partial charge in [-0.2, -0.15) is 5.26 Å². The van der Waals surface area contributed by atoms with Crippen molar-refractivity contribution in [2.45, 2.75) is 32.2 Å². The van der Waals surface area contributed by atoms with Gasteiger partial charge in [0.15, 0.2) is 0 Å². The van der Waals surface area contributed by atoms with E-state index in [0.29, 0.717) is 11.3 Å². The van der Waals surface area contributed by atoms with Crippen LogP contribution < -0.4 is 10.6 Å². The van der Waals surface area contributed by atoms with Gasteiger partial charge in [-0.05, 0) is 50.3 Å². The molecule has 1 fully saturated rings. The summed E-state index contributed by atoms with van der Waals surface area (Å²) in [5, 5.41) is 23.3. The van der Waals surface area contributed by atoms with E-state index in [-0.39, 0.29) is 5.92 Å². The zero-order valence-corrected chi connectivity index (χ0v) is 11.9. The van der Waals surface area contributed by atoms with Gasteiger partial charge >= 0.3 is 12.0 Å². The number of carboxylic acids is 1. The summed E-state index contributed by atoms with van der Waals surface area (Å²) in [6, 6.07) is 6.36. The van der Waals surface area contributed by atoms with Crippen LogP contribution in [0.25, 0.3) is 0 Å². The summed E-state index contributed by atoms with van der Waals surface area (Å²) in [6.07, 6.45) is 1.60. The Morgan fingerprint density at radius 1 is 1.43 bits per heavy atom. The molecule has 110 valence electrons.